The van der Waals surface area contributed by atoms with E-state index in [2.05, 4.69) is 25.6 Å². The van der Waals surface area contributed by atoms with Gasteiger partial charge in [0.15, 0.2) is 0 Å². The topological polar surface area (TPSA) is 64.6 Å². The number of H-pyrrole nitrogens is 1. The van der Waals surface area contributed by atoms with Gasteiger partial charge in [0.25, 0.3) is 0 Å². The van der Waals surface area contributed by atoms with Crippen molar-refractivity contribution >= 4 is 22.6 Å². The fourth-order valence-electron chi connectivity index (χ4n) is 3.78. The number of amidine groups is 2. The van der Waals surface area contributed by atoms with E-state index in [1.165, 1.54) is 6.07 Å². The Morgan fingerprint density at radius 1 is 1.28 bits per heavy atom. The van der Waals surface area contributed by atoms with Crippen LogP contribution in [-0.4, -0.2) is 48.5 Å². The van der Waals surface area contributed by atoms with Gasteiger partial charge in [-0.25, -0.2) is 13.2 Å². The van der Waals surface area contributed by atoms with E-state index in [-0.39, 0.29) is 23.4 Å². The van der Waals surface area contributed by atoms with Crippen molar-refractivity contribution in [3.63, 3.8) is 0 Å². The fourth-order valence-corrected chi connectivity index (χ4v) is 3.78. The summed E-state index contributed by atoms with van der Waals surface area (Å²) in [5.41, 5.74) is 0.660. The van der Waals surface area contributed by atoms with Crippen LogP contribution in [0.15, 0.2) is 28.3 Å². The lowest BCUT2D eigenvalue weighted by atomic mass is 9.91. The first-order chi connectivity index (χ1) is 13.9. The van der Waals surface area contributed by atoms with Crippen LogP contribution in [-0.2, 0) is 0 Å². The molecule has 0 amide bonds. The fraction of sp³-hybridized carbons (Fsp3) is 0.524. The molecule has 1 aromatic heterocycles. The maximum absolute atomic E-state index is 14.1. The van der Waals surface area contributed by atoms with E-state index >= 15 is 0 Å². The van der Waals surface area contributed by atoms with Gasteiger partial charge in [-0.05, 0) is 52.6 Å². The van der Waals surface area contributed by atoms with Crippen molar-refractivity contribution < 1.29 is 13.2 Å². The molecule has 0 saturated heterocycles. The van der Waals surface area contributed by atoms with Crippen LogP contribution in [0, 0.1) is 11.6 Å². The second-order valence-electron chi connectivity index (χ2n) is 7.72. The summed E-state index contributed by atoms with van der Waals surface area (Å²) in [5, 5.41) is 6.60. The number of alkyl halides is 1. The summed E-state index contributed by atoms with van der Waals surface area (Å²) in [6.07, 6.45) is 5.43. The predicted octanol–water partition coefficient (Wildman–Crippen LogP) is 4.09. The maximum atomic E-state index is 14.1. The Bertz CT molecular complexity index is 903. The highest BCUT2D eigenvalue weighted by Gasteiger charge is 2.22. The van der Waals surface area contributed by atoms with E-state index in [4.69, 9.17) is 0 Å². The lowest BCUT2D eigenvalue weighted by Crippen LogP contribution is -2.37. The van der Waals surface area contributed by atoms with Gasteiger partial charge in [0.1, 0.15) is 30.0 Å². The molecular weight excluding hydrogens is 379 g/mol. The number of hydrogen-bond acceptors (Lipinski definition) is 3. The SMILES string of the molecule is CN[C@@H]1CCCC(N=C(CF)NC(=NC(C)C)c2c[nH]c3c(F)cc(F)cc23)C1. The first kappa shape index (κ1) is 21.4. The second-order valence-corrected chi connectivity index (χ2v) is 7.72. The summed E-state index contributed by atoms with van der Waals surface area (Å²) in [6.45, 7) is 2.98. The highest BCUT2D eigenvalue weighted by molar-refractivity contribution is 6.15. The summed E-state index contributed by atoms with van der Waals surface area (Å²) in [6, 6.07) is 2.36. The van der Waals surface area contributed by atoms with Crippen LogP contribution >= 0.6 is 0 Å². The molecule has 0 spiro atoms. The number of aromatic amines is 1. The van der Waals surface area contributed by atoms with Crippen LogP contribution in [0.1, 0.15) is 45.1 Å². The van der Waals surface area contributed by atoms with E-state index in [0.29, 0.717) is 22.8 Å². The van der Waals surface area contributed by atoms with Gasteiger partial charge < -0.3 is 15.6 Å². The quantitative estimate of drug-likeness (QED) is 0.516. The molecule has 1 aliphatic rings. The van der Waals surface area contributed by atoms with E-state index in [9.17, 15) is 13.2 Å². The molecule has 0 radical (unpaired) electrons. The average Bonchev–Trinajstić information content (AvgIpc) is 3.10. The van der Waals surface area contributed by atoms with Crippen LogP contribution in [0.2, 0.25) is 0 Å². The molecule has 1 saturated carbocycles. The van der Waals surface area contributed by atoms with Gasteiger partial charge in [0, 0.05) is 35.3 Å². The number of halogens is 3. The average molecular weight is 407 g/mol. The standard InChI is InChI=1S/C21H28F3N5/c1-12(2)27-21(17-11-26-20-16(17)7-13(23)8-18(20)24)29-19(10-22)28-15-6-4-5-14(9-15)25-3/h7-8,11-12,14-15,25-26H,4-6,9-10H2,1-3H3,(H,27,28,29)/t14-,15?/m1/s1. The first-order valence-electron chi connectivity index (χ1n) is 10.0. The van der Waals surface area contributed by atoms with Gasteiger partial charge in [-0.1, -0.05) is 0 Å². The third-order valence-electron chi connectivity index (χ3n) is 5.13. The zero-order chi connectivity index (χ0) is 21.0. The van der Waals surface area contributed by atoms with E-state index in [0.717, 1.165) is 31.7 Å². The minimum atomic E-state index is -0.775. The van der Waals surface area contributed by atoms with E-state index in [1.54, 1.807) is 6.20 Å². The lowest BCUT2D eigenvalue weighted by molar-refractivity contribution is 0.355. The number of aliphatic imine (C=N–C) groups is 2. The number of fused-ring (bicyclic) bond motifs is 1. The summed E-state index contributed by atoms with van der Waals surface area (Å²) in [4.78, 5) is 11.9. The molecule has 1 aliphatic carbocycles. The molecule has 1 unspecified atom stereocenters. The van der Waals surface area contributed by atoms with Crippen LogP contribution in [0.3, 0.4) is 0 Å². The lowest BCUT2D eigenvalue weighted by Gasteiger charge is -2.27. The Labute approximate surface area is 168 Å². The summed E-state index contributed by atoms with van der Waals surface area (Å²) in [7, 11) is 1.92. The maximum Gasteiger partial charge on any atom is 0.150 e. The number of benzene rings is 1. The van der Waals surface area contributed by atoms with Gasteiger partial charge >= 0.3 is 0 Å². The number of aromatic nitrogens is 1. The molecule has 3 N–H and O–H groups in total. The third kappa shape index (κ3) is 5.18. The third-order valence-corrected chi connectivity index (χ3v) is 5.13. The molecule has 5 nitrogen and oxygen atoms in total. The van der Waals surface area contributed by atoms with Crippen LogP contribution in [0.25, 0.3) is 10.9 Å². The molecule has 8 heteroatoms. The van der Waals surface area contributed by atoms with Crippen LogP contribution in [0.5, 0.6) is 0 Å². The Morgan fingerprint density at radius 3 is 2.76 bits per heavy atom. The smallest absolute Gasteiger partial charge is 0.150 e. The molecule has 158 valence electrons. The van der Waals surface area contributed by atoms with Gasteiger partial charge in [-0.3, -0.25) is 9.98 Å². The summed E-state index contributed by atoms with van der Waals surface area (Å²) >= 11 is 0. The van der Waals surface area contributed by atoms with Crippen molar-refractivity contribution in [1.82, 2.24) is 15.6 Å². The molecule has 1 fully saturated rings. The zero-order valence-electron chi connectivity index (χ0n) is 17.0. The van der Waals surface area contributed by atoms with Crippen LogP contribution < -0.4 is 10.6 Å². The van der Waals surface area contributed by atoms with Gasteiger partial charge in [0.2, 0.25) is 0 Å². The molecule has 0 aliphatic heterocycles. The second kappa shape index (κ2) is 9.43. The van der Waals surface area contributed by atoms with Crippen molar-refractivity contribution in [2.24, 2.45) is 9.98 Å². The highest BCUT2D eigenvalue weighted by atomic mass is 19.1. The number of nitrogens with one attached hydrogen (secondary N) is 3. The Morgan fingerprint density at radius 2 is 2.07 bits per heavy atom. The van der Waals surface area contributed by atoms with E-state index < -0.39 is 18.3 Å². The number of hydrogen-bond donors (Lipinski definition) is 3. The monoisotopic (exact) mass is 407 g/mol. The van der Waals surface area contributed by atoms with E-state index in [1.807, 2.05) is 20.9 Å². The predicted molar refractivity (Wildman–Crippen MR) is 112 cm³/mol. The zero-order valence-corrected chi connectivity index (χ0v) is 17.0. The molecule has 0 bridgehead atoms. The molecule has 2 aromatic rings. The Hall–Kier alpha value is -2.35. The summed E-state index contributed by atoms with van der Waals surface area (Å²) in [5.74, 6) is -0.847. The number of nitrogens with zero attached hydrogens (tertiary/aromatic N) is 2. The van der Waals surface area contributed by atoms with Crippen molar-refractivity contribution in [2.75, 3.05) is 13.7 Å². The van der Waals surface area contributed by atoms with Gasteiger partial charge in [-0.2, -0.15) is 0 Å². The number of rotatable bonds is 5. The highest BCUT2D eigenvalue weighted by Crippen LogP contribution is 2.24. The molecule has 29 heavy (non-hydrogen) atoms. The van der Waals surface area contributed by atoms with Gasteiger partial charge in [-0.15, -0.1) is 0 Å². The molecule has 1 aromatic carbocycles. The van der Waals surface area contributed by atoms with Crippen molar-refractivity contribution in [2.45, 2.75) is 57.7 Å². The minimum Gasteiger partial charge on any atom is -0.358 e. The Balaban J connectivity index is 1.92. The molecular formula is C21H28F3N5. The molecule has 2 atom stereocenters. The van der Waals surface area contributed by atoms with Crippen molar-refractivity contribution in [3.8, 4) is 0 Å². The molecule has 1 heterocycles. The van der Waals surface area contributed by atoms with Crippen LogP contribution in [0.4, 0.5) is 13.2 Å². The van der Waals surface area contributed by atoms with Crippen molar-refractivity contribution in [1.29, 1.82) is 0 Å². The Kier molecular flexibility index (Phi) is 6.95. The normalized spacial score (nSPS) is 21.2. The largest absolute Gasteiger partial charge is 0.358 e. The summed E-state index contributed by atoms with van der Waals surface area (Å²) < 4.78 is 41.6. The first-order valence-corrected chi connectivity index (χ1v) is 10.0. The van der Waals surface area contributed by atoms with Gasteiger partial charge in [0.05, 0.1) is 11.6 Å². The minimum absolute atomic E-state index is 0.0256. The molecule has 3 rings (SSSR count). The van der Waals surface area contributed by atoms with Crippen molar-refractivity contribution in [3.05, 3.63) is 35.5 Å².